The van der Waals surface area contributed by atoms with Crippen molar-refractivity contribution in [1.82, 2.24) is 9.71 Å². The van der Waals surface area contributed by atoms with Gasteiger partial charge in [-0.05, 0) is 61.8 Å². The van der Waals surface area contributed by atoms with Gasteiger partial charge in [0, 0.05) is 50.1 Å². The van der Waals surface area contributed by atoms with Gasteiger partial charge < -0.3 is 19.6 Å². The lowest BCUT2D eigenvalue weighted by Crippen LogP contribution is -2.44. The molecule has 2 aliphatic carbocycles. The van der Waals surface area contributed by atoms with E-state index in [0.717, 1.165) is 31.6 Å². The van der Waals surface area contributed by atoms with E-state index in [4.69, 9.17) is 16.3 Å². The quantitative estimate of drug-likeness (QED) is 0.512. The summed E-state index contributed by atoms with van der Waals surface area (Å²) in [5.74, 6) is 0.243. The highest BCUT2D eigenvalue weighted by atomic mass is 35.5. The van der Waals surface area contributed by atoms with Crippen molar-refractivity contribution in [2.75, 3.05) is 36.0 Å². The molecule has 11 heteroatoms. The van der Waals surface area contributed by atoms with Crippen molar-refractivity contribution in [3.63, 3.8) is 0 Å². The minimum Gasteiger partial charge on any atom is -0.475 e. The van der Waals surface area contributed by atoms with Crippen molar-refractivity contribution in [3.8, 4) is 5.75 Å². The SMILES string of the molecule is O=C(NS(=O)(=O)c1cccc(N2CC[C@H](O)C2)n1)C1(Oc2cc(Cl)ccc2N2CCC3(CCCC3)CC2)CC1. The minimum atomic E-state index is -4.23. The molecule has 9 nitrogen and oxygen atoms in total. The number of amides is 1. The average molecular weight is 575 g/mol. The number of ether oxygens (including phenoxy) is 1. The molecule has 1 aromatic heterocycles. The summed E-state index contributed by atoms with van der Waals surface area (Å²) in [6.07, 6.45) is 8.46. The van der Waals surface area contributed by atoms with Gasteiger partial charge in [0.25, 0.3) is 15.9 Å². The number of nitrogens with one attached hydrogen (secondary N) is 1. The second-order valence-electron chi connectivity index (χ2n) is 11.6. The molecule has 0 unspecified atom stereocenters. The number of carbonyl (C=O) groups is 1. The van der Waals surface area contributed by atoms with E-state index < -0.39 is 27.6 Å². The molecule has 1 aromatic carbocycles. The van der Waals surface area contributed by atoms with E-state index in [1.54, 1.807) is 18.2 Å². The fraction of sp³-hybridized carbons (Fsp3) is 0.571. The molecule has 1 atom stereocenters. The van der Waals surface area contributed by atoms with Crippen LogP contribution in [0.25, 0.3) is 0 Å². The lowest BCUT2D eigenvalue weighted by atomic mass is 9.77. The smallest absolute Gasteiger partial charge is 0.281 e. The fourth-order valence-corrected chi connectivity index (χ4v) is 7.49. The van der Waals surface area contributed by atoms with Gasteiger partial charge in [-0.25, -0.2) is 9.71 Å². The third-order valence-electron chi connectivity index (χ3n) is 8.87. The zero-order valence-electron chi connectivity index (χ0n) is 21.9. The number of β-amino-alcohol motifs (C(OH)–C–C–N with tert-alkyl or cyclic N) is 1. The Balaban J connectivity index is 1.17. The number of nitrogens with zero attached hydrogens (tertiary/aromatic N) is 3. The molecule has 0 bridgehead atoms. The topological polar surface area (TPSA) is 112 Å². The predicted molar refractivity (Wildman–Crippen MR) is 149 cm³/mol. The number of rotatable bonds is 7. The van der Waals surface area contributed by atoms with Crippen LogP contribution in [-0.2, 0) is 14.8 Å². The van der Waals surface area contributed by atoms with Crippen LogP contribution in [-0.4, -0.2) is 62.3 Å². The first kappa shape index (κ1) is 26.7. The number of hydrogen-bond acceptors (Lipinski definition) is 8. The molecule has 2 aliphatic heterocycles. The van der Waals surface area contributed by atoms with Gasteiger partial charge in [0.15, 0.2) is 10.6 Å². The van der Waals surface area contributed by atoms with Gasteiger partial charge in [-0.15, -0.1) is 0 Å². The monoisotopic (exact) mass is 574 g/mol. The van der Waals surface area contributed by atoms with Crippen LogP contribution in [0.15, 0.2) is 41.4 Å². The molecular formula is C28H35ClN4O5S. The van der Waals surface area contributed by atoms with Gasteiger partial charge >= 0.3 is 0 Å². The number of anilines is 2. The molecule has 2 aromatic rings. The second kappa shape index (κ2) is 10.1. The van der Waals surface area contributed by atoms with Crippen molar-refractivity contribution >= 4 is 39.0 Å². The summed E-state index contributed by atoms with van der Waals surface area (Å²) < 4.78 is 34.8. The lowest BCUT2D eigenvalue weighted by molar-refractivity contribution is -0.127. The highest BCUT2D eigenvalue weighted by Crippen LogP contribution is 2.49. The number of aromatic nitrogens is 1. The number of pyridine rings is 1. The Morgan fingerprint density at radius 2 is 1.77 bits per heavy atom. The van der Waals surface area contributed by atoms with Gasteiger partial charge in [-0.2, -0.15) is 8.42 Å². The van der Waals surface area contributed by atoms with Crippen molar-refractivity contribution < 1.29 is 23.1 Å². The van der Waals surface area contributed by atoms with E-state index in [1.807, 2.05) is 17.0 Å². The highest BCUT2D eigenvalue weighted by molar-refractivity contribution is 7.90. The zero-order chi connectivity index (χ0) is 27.3. The molecule has 2 saturated heterocycles. The van der Waals surface area contributed by atoms with Crippen LogP contribution in [0.5, 0.6) is 5.75 Å². The van der Waals surface area contributed by atoms with Crippen LogP contribution in [0.4, 0.5) is 11.5 Å². The normalized spacial score (nSPS) is 23.7. The van der Waals surface area contributed by atoms with Crippen LogP contribution in [0.2, 0.25) is 5.02 Å². The Hall–Kier alpha value is -2.56. The maximum atomic E-state index is 13.3. The van der Waals surface area contributed by atoms with Crippen LogP contribution in [0, 0.1) is 5.41 Å². The molecule has 1 amide bonds. The Labute approximate surface area is 234 Å². The lowest BCUT2D eigenvalue weighted by Gasteiger charge is -2.41. The largest absolute Gasteiger partial charge is 0.475 e. The minimum absolute atomic E-state index is 0.247. The maximum Gasteiger partial charge on any atom is 0.281 e. The third kappa shape index (κ3) is 5.43. The van der Waals surface area contributed by atoms with E-state index in [2.05, 4.69) is 14.6 Å². The van der Waals surface area contributed by atoms with Crippen molar-refractivity contribution in [1.29, 1.82) is 0 Å². The van der Waals surface area contributed by atoms with E-state index in [0.29, 0.717) is 54.4 Å². The summed E-state index contributed by atoms with van der Waals surface area (Å²) in [5.41, 5.74) is 0.0814. The van der Waals surface area contributed by atoms with Gasteiger partial charge in [0.2, 0.25) is 0 Å². The number of piperidine rings is 1. The summed E-state index contributed by atoms with van der Waals surface area (Å²) in [6, 6.07) is 10.1. The van der Waals surface area contributed by atoms with Crippen molar-refractivity contribution in [3.05, 3.63) is 41.4 Å². The zero-order valence-corrected chi connectivity index (χ0v) is 23.5. The number of sulfonamides is 1. The van der Waals surface area contributed by atoms with Crippen LogP contribution >= 0.6 is 11.6 Å². The number of benzene rings is 1. The van der Waals surface area contributed by atoms with Gasteiger partial charge in [0.05, 0.1) is 11.8 Å². The molecule has 0 radical (unpaired) electrons. The molecule has 4 aliphatic rings. The summed E-state index contributed by atoms with van der Waals surface area (Å²) in [7, 11) is -4.23. The molecule has 3 heterocycles. The van der Waals surface area contributed by atoms with Crippen LogP contribution < -0.4 is 19.3 Å². The number of aliphatic hydroxyl groups excluding tert-OH is 1. The molecule has 1 spiro atoms. The average Bonchev–Trinajstić information content (AvgIpc) is 3.34. The van der Waals surface area contributed by atoms with E-state index >= 15 is 0 Å². The Kier molecular flexibility index (Phi) is 6.92. The van der Waals surface area contributed by atoms with Gasteiger partial charge in [-0.1, -0.05) is 30.5 Å². The van der Waals surface area contributed by atoms with Crippen LogP contribution in [0.1, 0.15) is 57.8 Å². The predicted octanol–water partition coefficient (Wildman–Crippen LogP) is 3.88. The first-order valence-electron chi connectivity index (χ1n) is 13.9. The number of halogens is 1. The van der Waals surface area contributed by atoms with E-state index in [1.165, 1.54) is 31.7 Å². The molecule has 6 rings (SSSR count). The summed E-state index contributed by atoms with van der Waals surface area (Å²) >= 11 is 6.32. The first-order chi connectivity index (χ1) is 18.7. The van der Waals surface area contributed by atoms with E-state index in [-0.39, 0.29) is 5.03 Å². The third-order valence-corrected chi connectivity index (χ3v) is 10.3. The second-order valence-corrected chi connectivity index (χ2v) is 13.6. The standard InChI is InChI=1S/C28H35ClN4O5S/c29-20-6-7-22(32-16-13-27(14-17-32)9-1-2-10-27)23(18-20)38-28(11-12-28)26(35)31-39(36,37)25-5-3-4-24(30-25)33-15-8-21(34)19-33/h3-7,18,21,34H,1-2,8-17,19H2,(H,31,35)/t21-/m0/s1. The van der Waals surface area contributed by atoms with Gasteiger partial charge in [-0.3, -0.25) is 4.79 Å². The van der Waals surface area contributed by atoms with Crippen LogP contribution in [0.3, 0.4) is 0 Å². The van der Waals surface area contributed by atoms with Crippen molar-refractivity contribution in [2.24, 2.45) is 5.41 Å². The molecule has 4 fully saturated rings. The Morgan fingerprint density at radius 3 is 2.44 bits per heavy atom. The molecular weight excluding hydrogens is 540 g/mol. The number of hydrogen-bond donors (Lipinski definition) is 2. The van der Waals surface area contributed by atoms with Crippen molar-refractivity contribution in [2.45, 2.75) is 74.5 Å². The summed E-state index contributed by atoms with van der Waals surface area (Å²) in [5, 5.41) is 10.1. The summed E-state index contributed by atoms with van der Waals surface area (Å²) in [6.45, 7) is 2.81. The first-order valence-corrected chi connectivity index (χ1v) is 15.7. The van der Waals surface area contributed by atoms with E-state index in [9.17, 15) is 18.3 Å². The summed E-state index contributed by atoms with van der Waals surface area (Å²) in [4.78, 5) is 21.7. The molecule has 2 saturated carbocycles. The molecule has 39 heavy (non-hydrogen) atoms. The maximum absolute atomic E-state index is 13.3. The Bertz CT molecular complexity index is 1350. The number of aliphatic hydroxyl groups is 1. The highest BCUT2D eigenvalue weighted by Gasteiger charge is 2.54. The van der Waals surface area contributed by atoms with Gasteiger partial charge in [0.1, 0.15) is 11.6 Å². The molecule has 210 valence electrons. The molecule has 2 N–H and O–H groups in total. The fourth-order valence-electron chi connectivity index (χ4n) is 6.32. The Morgan fingerprint density at radius 1 is 1.03 bits per heavy atom. The number of carbonyl (C=O) groups excluding carboxylic acids is 1.